The van der Waals surface area contributed by atoms with E-state index in [-0.39, 0.29) is 6.10 Å². The van der Waals surface area contributed by atoms with E-state index in [1.165, 1.54) is 11.1 Å². The molecule has 0 aliphatic carbocycles. The third-order valence-corrected chi connectivity index (χ3v) is 3.04. The summed E-state index contributed by atoms with van der Waals surface area (Å²) in [6.07, 6.45) is 1.29. The Kier molecular flexibility index (Phi) is 6.99. The molecule has 1 N–H and O–H groups in total. The number of likely N-dealkylation sites (N-methyl/N-ethyl adjacent to an activating group) is 1. The average molecular weight is 249 g/mol. The minimum absolute atomic E-state index is 0.171. The highest BCUT2D eigenvalue weighted by Gasteiger charge is 2.11. The van der Waals surface area contributed by atoms with Crippen LogP contribution in [0.2, 0.25) is 0 Å². The van der Waals surface area contributed by atoms with Gasteiger partial charge in [-0.15, -0.1) is 0 Å². The molecule has 0 aromatic heterocycles. The third-order valence-electron chi connectivity index (χ3n) is 3.04. The third kappa shape index (κ3) is 5.65. The zero-order valence-electron chi connectivity index (χ0n) is 12.2. The van der Waals surface area contributed by atoms with Gasteiger partial charge in [0.25, 0.3) is 0 Å². The Morgan fingerprint density at radius 3 is 2.39 bits per heavy atom. The Hall–Kier alpha value is -0.860. The standard InChI is InChI=1S/C16H27NO/c1-5-17-12-16(18-11-10-13(2)3)15-8-6-14(4)7-9-15/h6-9,13,16-17H,5,10-12H2,1-4H3. The zero-order valence-corrected chi connectivity index (χ0v) is 12.2. The first-order chi connectivity index (χ1) is 8.63. The predicted octanol–water partition coefficient (Wildman–Crippen LogP) is 3.71. The summed E-state index contributed by atoms with van der Waals surface area (Å²) in [4.78, 5) is 0. The van der Waals surface area contributed by atoms with Crippen LogP contribution >= 0.6 is 0 Å². The smallest absolute Gasteiger partial charge is 0.0949 e. The molecule has 1 atom stereocenters. The Morgan fingerprint density at radius 1 is 1.17 bits per heavy atom. The summed E-state index contributed by atoms with van der Waals surface area (Å²) < 4.78 is 6.02. The minimum Gasteiger partial charge on any atom is -0.372 e. The molecule has 0 radical (unpaired) electrons. The molecular formula is C16H27NO. The van der Waals surface area contributed by atoms with E-state index < -0.39 is 0 Å². The van der Waals surface area contributed by atoms with E-state index in [0.29, 0.717) is 5.92 Å². The number of nitrogens with one attached hydrogen (secondary N) is 1. The Labute approximate surface area is 112 Å². The van der Waals surface area contributed by atoms with Crippen molar-refractivity contribution >= 4 is 0 Å². The van der Waals surface area contributed by atoms with Gasteiger partial charge in [-0.1, -0.05) is 50.6 Å². The van der Waals surface area contributed by atoms with Crippen LogP contribution < -0.4 is 5.32 Å². The van der Waals surface area contributed by atoms with Crippen LogP contribution in [0.1, 0.15) is 44.4 Å². The maximum absolute atomic E-state index is 6.02. The molecule has 2 nitrogen and oxygen atoms in total. The first-order valence-corrected chi connectivity index (χ1v) is 7.02. The van der Waals surface area contributed by atoms with Crippen LogP contribution in [0.25, 0.3) is 0 Å². The van der Waals surface area contributed by atoms with Crippen LogP contribution in [0.4, 0.5) is 0 Å². The Bertz CT molecular complexity index is 318. The molecule has 0 spiro atoms. The number of aryl methyl sites for hydroxylation is 1. The van der Waals surface area contributed by atoms with Gasteiger partial charge in [0.1, 0.15) is 0 Å². The molecule has 102 valence electrons. The molecule has 0 amide bonds. The van der Waals surface area contributed by atoms with Crippen molar-refractivity contribution in [2.24, 2.45) is 5.92 Å². The molecule has 0 saturated carbocycles. The van der Waals surface area contributed by atoms with Gasteiger partial charge in [0.15, 0.2) is 0 Å². The van der Waals surface area contributed by atoms with Crippen molar-refractivity contribution in [3.63, 3.8) is 0 Å². The van der Waals surface area contributed by atoms with Crippen molar-refractivity contribution < 1.29 is 4.74 Å². The van der Waals surface area contributed by atoms with Crippen LogP contribution in [0.3, 0.4) is 0 Å². The van der Waals surface area contributed by atoms with Crippen molar-refractivity contribution in [2.45, 2.75) is 40.2 Å². The van der Waals surface area contributed by atoms with Gasteiger partial charge in [-0.05, 0) is 31.4 Å². The molecule has 0 saturated heterocycles. The number of rotatable bonds is 8. The summed E-state index contributed by atoms with van der Waals surface area (Å²) in [5.74, 6) is 0.697. The van der Waals surface area contributed by atoms with E-state index in [1.54, 1.807) is 0 Å². The first-order valence-electron chi connectivity index (χ1n) is 7.02. The van der Waals surface area contributed by atoms with Crippen molar-refractivity contribution in [1.29, 1.82) is 0 Å². The molecule has 1 aromatic rings. The second kappa shape index (κ2) is 8.28. The van der Waals surface area contributed by atoms with E-state index in [1.807, 2.05) is 0 Å². The van der Waals surface area contributed by atoms with Crippen molar-refractivity contribution in [3.05, 3.63) is 35.4 Å². The Morgan fingerprint density at radius 2 is 1.83 bits per heavy atom. The minimum atomic E-state index is 0.171. The lowest BCUT2D eigenvalue weighted by molar-refractivity contribution is 0.0461. The highest BCUT2D eigenvalue weighted by Crippen LogP contribution is 2.18. The fraction of sp³-hybridized carbons (Fsp3) is 0.625. The van der Waals surface area contributed by atoms with Gasteiger partial charge in [0, 0.05) is 13.2 Å². The van der Waals surface area contributed by atoms with Crippen LogP contribution in [0.5, 0.6) is 0 Å². The monoisotopic (exact) mass is 249 g/mol. The summed E-state index contributed by atoms with van der Waals surface area (Å²) in [5, 5.41) is 3.37. The van der Waals surface area contributed by atoms with E-state index in [2.05, 4.69) is 57.3 Å². The zero-order chi connectivity index (χ0) is 13.4. The van der Waals surface area contributed by atoms with Crippen molar-refractivity contribution in [3.8, 4) is 0 Å². The second-order valence-corrected chi connectivity index (χ2v) is 5.26. The lowest BCUT2D eigenvalue weighted by Crippen LogP contribution is -2.23. The number of benzene rings is 1. The topological polar surface area (TPSA) is 21.3 Å². The Balaban J connectivity index is 2.56. The average Bonchev–Trinajstić information content (AvgIpc) is 2.34. The summed E-state index contributed by atoms with van der Waals surface area (Å²) >= 11 is 0. The van der Waals surface area contributed by atoms with Gasteiger partial charge >= 0.3 is 0 Å². The first kappa shape index (κ1) is 15.2. The van der Waals surface area contributed by atoms with Crippen molar-refractivity contribution in [2.75, 3.05) is 19.7 Å². The molecular weight excluding hydrogens is 222 g/mol. The summed E-state index contributed by atoms with van der Waals surface area (Å²) in [5.41, 5.74) is 2.56. The van der Waals surface area contributed by atoms with Crippen LogP contribution in [0.15, 0.2) is 24.3 Å². The maximum Gasteiger partial charge on any atom is 0.0949 e. The predicted molar refractivity (Wildman–Crippen MR) is 77.9 cm³/mol. The number of hydrogen-bond donors (Lipinski definition) is 1. The lowest BCUT2D eigenvalue weighted by atomic mass is 10.1. The molecule has 0 aliphatic heterocycles. The molecule has 18 heavy (non-hydrogen) atoms. The normalized spacial score (nSPS) is 12.9. The number of hydrogen-bond acceptors (Lipinski definition) is 2. The molecule has 0 bridgehead atoms. The molecule has 0 heterocycles. The molecule has 1 rings (SSSR count). The second-order valence-electron chi connectivity index (χ2n) is 5.26. The van der Waals surface area contributed by atoms with Crippen LogP contribution in [-0.2, 0) is 4.74 Å². The molecule has 0 aliphatic rings. The van der Waals surface area contributed by atoms with Crippen molar-refractivity contribution in [1.82, 2.24) is 5.32 Å². The van der Waals surface area contributed by atoms with Crippen LogP contribution in [0, 0.1) is 12.8 Å². The van der Waals surface area contributed by atoms with Gasteiger partial charge < -0.3 is 10.1 Å². The maximum atomic E-state index is 6.02. The van der Waals surface area contributed by atoms with Gasteiger partial charge in [-0.2, -0.15) is 0 Å². The lowest BCUT2D eigenvalue weighted by Gasteiger charge is -2.19. The highest BCUT2D eigenvalue weighted by molar-refractivity contribution is 5.23. The molecule has 0 fully saturated rings. The summed E-state index contributed by atoms with van der Waals surface area (Å²) in [6.45, 7) is 11.4. The van der Waals surface area contributed by atoms with Gasteiger partial charge in [0.2, 0.25) is 0 Å². The van der Waals surface area contributed by atoms with E-state index in [4.69, 9.17) is 4.74 Å². The van der Waals surface area contributed by atoms with Gasteiger partial charge in [-0.3, -0.25) is 0 Å². The fourth-order valence-electron chi connectivity index (χ4n) is 1.78. The summed E-state index contributed by atoms with van der Waals surface area (Å²) in [6, 6.07) is 8.65. The fourth-order valence-corrected chi connectivity index (χ4v) is 1.78. The molecule has 2 heteroatoms. The van der Waals surface area contributed by atoms with E-state index in [0.717, 1.165) is 26.1 Å². The van der Waals surface area contributed by atoms with Gasteiger partial charge in [0.05, 0.1) is 6.10 Å². The highest BCUT2D eigenvalue weighted by atomic mass is 16.5. The number of ether oxygens (including phenoxy) is 1. The largest absolute Gasteiger partial charge is 0.372 e. The van der Waals surface area contributed by atoms with E-state index >= 15 is 0 Å². The molecule has 1 unspecified atom stereocenters. The SMILES string of the molecule is CCNCC(OCCC(C)C)c1ccc(C)cc1. The molecule has 1 aromatic carbocycles. The summed E-state index contributed by atoms with van der Waals surface area (Å²) in [7, 11) is 0. The van der Waals surface area contributed by atoms with Gasteiger partial charge in [-0.25, -0.2) is 0 Å². The van der Waals surface area contributed by atoms with E-state index in [9.17, 15) is 0 Å². The quantitative estimate of drug-likeness (QED) is 0.758. The van der Waals surface area contributed by atoms with Crippen LogP contribution in [-0.4, -0.2) is 19.7 Å².